The summed E-state index contributed by atoms with van der Waals surface area (Å²) in [6, 6.07) is 6.15. The molecule has 16 heavy (non-hydrogen) atoms. The highest BCUT2D eigenvalue weighted by Crippen LogP contribution is 2.16. The van der Waals surface area contributed by atoms with Crippen molar-refractivity contribution in [2.75, 3.05) is 26.8 Å². The van der Waals surface area contributed by atoms with Gasteiger partial charge in [-0.15, -0.1) is 0 Å². The van der Waals surface area contributed by atoms with Crippen molar-refractivity contribution < 1.29 is 9.84 Å². The van der Waals surface area contributed by atoms with Crippen LogP contribution in [0.3, 0.4) is 0 Å². The van der Waals surface area contributed by atoms with Crippen molar-refractivity contribution in [1.29, 1.82) is 0 Å². The first kappa shape index (κ1) is 13.2. The molecule has 0 bridgehead atoms. The van der Waals surface area contributed by atoms with Gasteiger partial charge in [-0.05, 0) is 19.4 Å². The first-order chi connectivity index (χ1) is 7.63. The molecule has 1 atom stereocenters. The van der Waals surface area contributed by atoms with Gasteiger partial charge in [0, 0.05) is 20.2 Å². The number of ether oxygens (including phenoxy) is 1. The van der Waals surface area contributed by atoms with E-state index < -0.39 is 6.10 Å². The van der Waals surface area contributed by atoms with E-state index in [1.54, 1.807) is 7.11 Å². The van der Waals surface area contributed by atoms with E-state index in [2.05, 4.69) is 11.4 Å². The lowest BCUT2D eigenvalue weighted by atomic mass is 10.0. The number of hydrogen-bond acceptors (Lipinski definition) is 3. The Balaban J connectivity index is 2.48. The van der Waals surface area contributed by atoms with Crippen LogP contribution in [0.2, 0.25) is 0 Å². The minimum absolute atomic E-state index is 0.449. The lowest BCUT2D eigenvalue weighted by Gasteiger charge is -2.13. The Morgan fingerprint density at radius 1 is 1.25 bits per heavy atom. The molecule has 2 N–H and O–H groups in total. The Hall–Kier alpha value is -0.900. The van der Waals surface area contributed by atoms with Crippen LogP contribution in [0.25, 0.3) is 0 Å². The van der Waals surface area contributed by atoms with Crippen molar-refractivity contribution in [3.8, 4) is 0 Å². The molecule has 3 nitrogen and oxygen atoms in total. The molecular weight excluding hydrogens is 202 g/mol. The molecule has 3 heteroatoms. The minimum atomic E-state index is -0.449. The molecule has 1 aromatic carbocycles. The van der Waals surface area contributed by atoms with Crippen molar-refractivity contribution in [3.05, 3.63) is 34.9 Å². The standard InChI is InChI=1S/C13H21NO2/c1-10-6-11(2)8-12(7-10)13(15)9-14-4-5-16-3/h6-8,13-15H,4-5,9H2,1-3H3. The van der Waals surface area contributed by atoms with Gasteiger partial charge in [-0.1, -0.05) is 29.3 Å². The van der Waals surface area contributed by atoms with E-state index in [1.807, 2.05) is 26.0 Å². The number of hydrogen-bond donors (Lipinski definition) is 2. The summed E-state index contributed by atoms with van der Waals surface area (Å²) in [6.07, 6.45) is -0.449. The lowest BCUT2D eigenvalue weighted by molar-refractivity contribution is 0.161. The molecule has 0 aromatic heterocycles. The van der Waals surface area contributed by atoms with Crippen LogP contribution in [-0.2, 0) is 4.74 Å². The third-order valence-electron chi connectivity index (χ3n) is 2.45. The zero-order chi connectivity index (χ0) is 12.0. The maximum absolute atomic E-state index is 9.97. The fourth-order valence-corrected chi connectivity index (χ4v) is 1.73. The molecule has 0 amide bonds. The highest BCUT2D eigenvalue weighted by Gasteiger charge is 2.07. The highest BCUT2D eigenvalue weighted by molar-refractivity contribution is 5.30. The van der Waals surface area contributed by atoms with E-state index in [1.165, 1.54) is 11.1 Å². The van der Waals surface area contributed by atoms with E-state index in [4.69, 9.17) is 4.74 Å². The highest BCUT2D eigenvalue weighted by atomic mass is 16.5. The Kier molecular flexibility index (Phi) is 5.46. The van der Waals surface area contributed by atoms with Gasteiger partial charge in [-0.3, -0.25) is 0 Å². The molecule has 0 aliphatic rings. The van der Waals surface area contributed by atoms with E-state index in [0.717, 1.165) is 12.1 Å². The third-order valence-corrected chi connectivity index (χ3v) is 2.45. The summed E-state index contributed by atoms with van der Waals surface area (Å²) in [4.78, 5) is 0. The van der Waals surface area contributed by atoms with Gasteiger partial charge < -0.3 is 15.2 Å². The number of methoxy groups -OCH3 is 1. The number of benzene rings is 1. The van der Waals surface area contributed by atoms with Gasteiger partial charge in [0.2, 0.25) is 0 Å². The zero-order valence-corrected chi connectivity index (χ0v) is 10.3. The first-order valence-corrected chi connectivity index (χ1v) is 5.59. The van der Waals surface area contributed by atoms with Gasteiger partial charge >= 0.3 is 0 Å². The topological polar surface area (TPSA) is 41.5 Å². The van der Waals surface area contributed by atoms with Gasteiger partial charge in [-0.25, -0.2) is 0 Å². The third kappa shape index (κ3) is 4.31. The summed E-state index contributed by atoms with van der Waals surface area (Å²) in [5.74, 6) is 0. The van der Waals surface area contributed by atoms with Crippen LogP contribution in [0.4, 0.5) is 0 Å². The van der Waals surface area contributed by atoms with Crippen molar-refractivity contribution in [2.24, 2.45) is 0 Å². The molecular formula is C13H21NO2. The Bertz CT molecular complexity index is 305. The quantitative estimate of drug-likeness (QED) is 0.719. The predicted molar refractivity (Wildman–Crippen MR) is 65.6 cm³/mol. The molecule has 0 spiro atoms. The summed E-state index contributed by atoms with van der Waals surface area (Å²) in [5.41, 5.74) is 3.35. The van der Waals surface area contributed by atoms with Crippen molar-refractivity contribution in [3.63, 3.8) is 0 Å². The normalized spacial score (nSPS) is 12.8. The van der Waals surface area contributed by atoms with Crippen LogP contribution in [0.15, 0.2) is 18.2 Å². The second-order valence-electron chi connectivity index (χ2n) is 4.13. The van der Waals surface area contributed by atoms with Gasteiger partial charge in [0.15, 0.2) is 0 Å². The molecule has 1 aromatic rings. The van der Waals surface area contributed by atoms with Crippen LogP contribution in [-0.4, -0.2) is 31.9 Å². The van der Waals surface area contributed by atoms with Crippen LogP contribution in [0.5, 0.6) is 0 Å². The van der Waals surface area contributed by atoms with Crippen molar-refractivity contribution in [2.45, 2.75) is 20.0 Å². The fourth-order valence-electron chi connectivity index (χ4n) is 1.73. The summed E-state index contributed by atoms with van der Waals surface area (Å²) < 4.78 is 4.92. The largest absolute Gasteiger partial charge is 0.387 e. The predicted octanol–water partition coefficient (Wildman–Crippen LogP) is 1.57. The van der Waals surface area contributed by atoms with E-state index in [0.29, 0.717) is 13.2 Å². The van der Waals surface area contributed by atoms with Crippen LogP contribution in [0.1, 0.15) is 22.8 Å². The number of rotatable bonds is 6. The SMILES string of the molecule is COCCNCC(O)c1cc(C)cc(C)c1. The second kappa shape index (κ2) is 6.63. The Morgan fingerprint density at radius 2 is 1.88 bits per heavy atom. The maximum Gasteiger partial charge on any atom is 0.0914 e. The van der Waals surface area contributed by atoms with Crippen LogP contribution < -0.4 is 5.32 Å². The van der Waals surface area contributed by atoms with Crippen LogP contribution >= 0.6 is 0 Å². The van der Waals surface area contributed by atoms with Crippen LogP contribution in [0, 0.1) is 13.8 Å². The number of nitrogens with one attached hydrogen (secondary N) is 1. The lowest BCUT2D eigenvalue weighted by Crippen LogP contribution is -2.25. The smallest absolute Gasteiger partial charge is 0.0914 e. The molecule has 1 unspecified atom stereocenters. The molecule has 0 aliphatic carbocycles. The number of aliphatic hydroxyl groups excluding tert-OH is 1. The van der Waals surface area contributed by atoms with E-state index >= 15 is 0 Å². The summed E-state index contributed by atoms with van der Waals surface area (Å²) >= 11 is 0. The molecule has 0 saturated heterocycles. The molecule has 90 valence electrons. The summed E-state index contributed by atoms with van der Waals surface area (Å²) in [7, 11) is 1.67. The monoisotopic (exact) mass is 223 g/mol. The average Bonchev–Trinajstić information content (AvgIpc) is 2.22. The average molecular weight is 223 g/mol. The van der Waals surface area contributed by atoms with Crippen molar-refractivity contribution in [1.82, 2.24) is 5.32 Å². The number of aliphatic hydroxyl groups is 1. The maximum atomic E-state index is 9.97. The molecule has 0 aliphatic heterocycles. The van der Waals surface area contributed by atoms with Gasteiger partial charge in [0.25, 0.3) is 0 Å². The van der Waals surface area contributed by atoms with Gasteiger partial charge in [0.1, 0.15) is 0 Å². The minimum Gasteiger partial charge on any atom is -0.387 e. The first-order valence-electron chi connectivity index (χ1n) is 5.59. The van der Waals surface area contributed by atoms with Gasteiger partial charge in [-0.2, -0.15) is 0 Å². The molecule has 1 rings (SSSR count). The summed E-state index contributed by atoms with van der Waals surface area (Å²) in [6.45, 7) is 6.08. The number of aryl methyl sites for hydroxylation is 2. The van der Waals surface area contributed by atoms with Crippen molar-refractivity contribution >= 4 is 0 Å². The zero-order valence-electron chi connectivity index (χ0n) is 10.3. The fraction of sp³-hybridized carbons (Fsp3) is 0.538. The molecule has 0 heterocycles. The Labute approximate surface area is 97.4 Å². The molecule has 0 radical (unpaired) electrons. The van der Waals surface area contributed by atoms with E-state index in [-0.39, 0.29) is 0 Å². The second-order valence-corrected chi connectivity index (χ2v) is 4.13. The van der Waals surface area contributed by atoms with E-state index in [9.17, 15) is 5.11 Å². The summed E-state index contributed by atoms with van der Waals surface area (Å²) in [5, 5.41) is 13.1. The Morgan fingerprint density at radius 3 is 2.44 bits per heavy atom. The molecule has 0 saturated carbocycles. The van der Waals surface area contributed by atoms with Gasteiger partial charge in [0.05, 0.1) is 12.7 Å². The molecule has 0 fully saturated rings.